The maximum Gasteiger partial charge on any atom is 0.328 e. The monoisotopic (exact) mass is 418 g/mol. The third-order valence-corrected chi connectivity index (χ3v) is 5.33. The van der Waals surface area contributed by atoms with E-state index in [0.717, 1.165) is 60.7 Å². The second-order valence-corrected chi connectivity index (χ2v) is 7.62. The third-order valence-electron chi connectivity index (χ3n) is 5.16. The minimum absolute atomic E-state index is 0.246. The normalized spacial score (nSPS) is 13.4. The molecule has 0 bridgehead atoms. The quantitative estimate of drug-likeness (QED) is 0.359. The zero-order valence-corrected chi connectivity index (χ0v) is 17.5. The molecule has 2 heterocycles. The lowest BCUT2D eigenvalue weighted by Crippen LogP contribution is -2.31. The van der Waals surface area contributed by atoms with Gasteiger partial charge in [-0.15, -0.1) is 0 Å². The van der Waals surface area contributed by atoms with E-state index in [9.17, 15) is 4.79 Å². The molecule has 3 aromatic rings. The second-order valence-electron chi connectivity index (χ2n) is 7.28. The predicted molar refractivity (Wildman–Crippen MR) is 122 cm³/mol. The first-order valence-corrected chi connectivity index (χ1v) is 10.2. The van der Waals surface area contributed by atoms with Crippen LogP contribution in [0.5, 0.6) is 0 Å². The maximum atomic E-state index is 10.8. The molecular weight excluding hydrogens is 397 g/mol. The van der Waals surface area contributed by atoms with E-state index < -0.39 is 0 Å². The van der Waals surface area contributed by atoms with Gasteiger partial charge >= 0.3 is 7.41 Å². The third kappa shape index (κ3) is 4.80. The molecule has 0 amide bonds. The number of nitrogens with zero attached hydrogens (tertiary/aromatic N) is 4. The van der Waals surface area contributed by atoms with E-state index in [1.165, 1.54) is 13.0 Å². The Labute approximate surface area is 182 Å². The Morgan fingerprint density at radius 1 is 1.20 bits per heavy atom. The number of carbonyl (C=O) groups excluding carboxylic acids is 1. The van der Waals surface area contributed by atoms with Crippen LogP contribution in [-0.2, 0) is 24.3 Å². The number of carbonyl (C=O) groups is 1. The van der Waals surface area contributed by atoms with Crippen molar-refractivity contribution in [3.63, 3.8) is 0 Å². The van der Waals surface area contributed by atoms with Gasteiger partial charge in [0.25, 0.3) is 0 Å². The van der Waals surface area contributed by atoms with Crippen LogP contribution in [0.15, 0.2) is 54.6 Å². The van der Waals surface area contributed by atoms with Crippen LogP contribution in [0, 0.1) is 0 Å². The number of aromatic nitrogens is 2. The Balaban J connectivity index is 1.57. The fraction of sp³-hybridized carbons (Fsp3) is 0.227. The zero-order valence-electron chi connectivity index (χ0n) is 16.8. The molecule has 8 heteroatoms. The molecule has 0 saturated carbocycles. The lowest BCUT2D eigenvalue weighted by molar-refractivity contribution is 0.243. The molecule has 0 fully saturated rings. The van der Waals surface area contributed by atoms with Crippen LogP contribution in [0.25, 0.3) is 0 Å². The molecule has 1 radical (unpaired) electrons. The predicted octanol–water partition coefficient (Wildman–Crippen LogP) is 3.68. The van der Waals surface area contributed by atoms with Gasteiger partial charge in [-0.2, -0.15) is 0 Å². The molecule has 30 heavy (non-hydrogen) atoms. The van der Waals surface area contributed by atoms with Crippen molar-refractivity contribution in [3.05, 3.63) is 76.7 Å². The van der Waals surface area contributed by atoms with E-state index in [0.29, 0.717) is 0 Å². The molecule has 1 aliphatic rings. The Hall–Kier alpha value is -2.90. The van der Waals surface area contributed by atoms with Crippen LogP contribution >= 0.6 is 11.6 Å². The first-order valence-electron chi connectivity index (χ1n) is 9.82. The summed E-state index contributed by atoms with van der Waals surface area (Å²) in [5.74, 6) is 0.724. The van der Waals surface area contributed by atoms with Crippen LogP contribution in [-0.4, -0.2) is 42.1 Å². The number of fused-ring (bicyclic) bond motifs is 1. The highest BCUT2D eigenvalue weighted by atomic mass is 35.5. The molecule has 0 unspecified atom stereocenters. The number of halogens is 1. The Bertz CT molecular complexity index is 1030. The van der Waals surface area contributed by atoms with Crippen molar-refractivity contribution in [1.29, 1.82) is 0 Å². The molecule has 151 valence electrons. The van der Waals surface area contributed by atoms with Gasteiger partial charge in [-0.1, -0.05) is 36.4 Å². The van der Waals surface area contributed by atoms with Gasteiger partial charge in [-0.3, -0.25) is 4.90 Å². The number of anilines is 3. The van der Waals surface area contributed by atoms with Crippen molar-refractivity contribution in [1.82, 2.24) is 14.9 Å². The van der Waals surface area contributed by atoms with Crippen LogP contribution in [0.3, 0.4) is 0 Å². The summed E-state index contributed by atoms with van der Waals surface area (Å²) in [4.78, 5) is 23.9. The summed E-state index contributed by atoms with van der Waals surface area (Å²) in [6.45, 7) is 2.56. The van der Waals surface area contributed by atoms with Gasteiger partial charge in [0.1, 0.15) is 12.0 Å². The first-order chi connectivity index (χ1) is 14.6. The molecule has 0 aliphatic carbocycles. The first kappa shape index (κ1) is 20.4. The van der Waals surface area contributed by atoms with Gasteiger partial charge in [-0.25, -0.2) is 9.97 Å². The molecule has 4 rings (SSSR count). The highest BCUT2D eigenvalue weighted by Gasteiger charge is 2.22. The van der Waals surface area contributed by atoms with Crippen molar-refractivity contribution in [2.45, 2.75) is 19.5 Å². The van der Waals surface area contributed by atoms with Crippen molar-refractivity contribution in [2.24, 2.45) is 0 Å². The largest absolute Gasteiger partial charge is 0.415 e. The van der Waals surface area contributed by atoms with E-state index >= 15 is 0 Å². The van der Waals surface area contributed by atoms with Crippen molar-refractivity contribution in [2.75, 3.05) is 23.7 Å². The summed E-state index contributed by atoms with van der Waals surface area (Å²) in [5, 5.41) is 3.65. The minimum Gasteiger partial charge on any atom is -0.415 e. The summed E-state index contributed by atoms with van der Waals surface area (Å²) in [7, 11) is 3.31. The number of rotatable bonds is 7. The number of hydrogen-bond acceptors (Lipinski definition) is 6. The van der Waals surface area contributed by atoms with Gasteiger partial charge in [0.05, 0.1) is 5.69 Å². The fourth-order valence-corrected chi connectivity index (χ4v) is 3.82. The molecule has 0 atom stereocenters. The van der Waals surface area contributed by atoms with E-state index in [1.54, 1.807) is 4.81 Å². The highest BCUT2D eigenvalue weighted by Crippen LogP contribution is 2.29. The summed E-state index contributed by atoms with van der Waals surface area (Å²) in [5.41, 5.74) is 5.11. The summed E-state index contributed by atoms with van der Waals surface area (Å²) in [6.07, 6.45) is 1.60. The van der Waals surface area contributed by atoms with Crippen molar-refractivity contribution < 1.29 is 4.79 Å². The van der Waals surface area contributed by atoms with Gasteiger partial charge in [0.2, 0.25) is 5.28 Å². The van der Waals surface area contributed by atoms with Gasteiger partial charge in [0.15, 0.2) is 0 Å². The topological polar surface area (TPSA) is 61.4 Å². The van der Waals surface area contributed by atoms with Gasteiger partial charge in [-0.05, 0) is 42.4 Å². The molecule has 0 saturated heterocycles. The van der Waals surface area contributed by atoms with Crippen LogP contribution in [0.4, 0.5) is 17.2 Å². The summed E-state index contributed by atoms with van der Waals surface area (Å²) < 4.78 is 0. The summed E-state index contributed by atoms with van der Waals surface area (Å²) >= 11 is 6.21. The molecule has 1 aromatic heterocycles. The average molecular weight is 419 g/mol. The average Bonchev–Trinajstić information content (AvgIpc) is 2.75. The maximum absolute atomic E-state index is 10.8. The number of benzene rings is 2. The van der Waals surface area contributed by atoms with Gasteiger partial charge < -0.3 is 14.9 Å². The van der Waals surface area contributed by atoms with E-state index in [2.05, 4.69) is 44.5 Å². The Morgan fingerprint density at radius 3 is 2.83 bits per heavy atom. The second kappa shape index (κ2) is 9.28. The van der Waals surface area contributed by atoms with Crippen LogP contribution < -0.4 is 10.1 Å². The van der Waals surface area contributed by atoms with E-state index in [-0.39, 0.29) is 5.28 Å². The van der Waals surface area contributed by atoms with Crippen molar-refractivity contribution >= 4 is 42.4 Å². The SMILES string of the molecule is CN([B]C=O)c1cccc(Nc2nc(Cl)nc3c2CN(Cc2ccccc2)CC3)c1. The molecule has 0 spiro atoms. The van der Waals surface area contributed by atoms with Gasteiger partial charge in [0, 0.05) is 43.0 Å². The van der Waals surface area contributed by atoms with E-state index in [4.69, 9.17) is 11.6 Å². The summed E-state index contributed by atoms with van der Waals surface area (Å²) in [6, 6.07) is 18.3. The standard InChI is InChI=1S/C22H22BClN5O/c1-28(23-15-30)18-9-5-8-17(12-18)25-21-19-14-29(13-16-6-3-2-4-7-16)11-10-20(19)26-22(24)27-21/h2-9,12,15H,10-11,13-14H2,1H3,(H,25,26,27). The molecule has 1 aliphatic heterocycles. The Kier molecular flexibility index (Phi) is 6.30. The molecule has 1 N–H and O–H groups in total. The minimum atomic E-state index is 0.246. The highest BCUT2D eigenvalue weighted by molar-refractivity contribution is 6.69. The van der Waals surface area contributed by atoms with Crippen LogP contribution in [0.1, 0.15) is 16.8 Å². The number of nitrogens with one attached hydrogen (secondary N) is 1. The zero-order chi connectivity index (χ0) is 20.9. The fourth-order valence-electron chi connectivity index (χ4n) is 3.64. The molecular formula is C22H22BClN5O. The molecule has 6 nitrogen and oxygen atoms in total. The number of hydrogen-bond donors (Lipinski definition) is 1. The lowest BCUT2D eigenvalue weighted by Gasteiger charge is -2.29. The smallest absolute Gasteiger partial charge is 0.328 e. The van der Waals surface area contributed by atoms with Crippen molar-refractivity contribution in [3.8, 4) is 0 Å². The van der Waals surface area contributed by atoms with Crippen LogP contribution in [0.2, 0.25) is 5.28 Å². The lowest BCUT2D eigenvalue weighted by atomic mass is 9.94. The Morgan fingerprint density at radius 2 is 2.03 bits per heavy atom. The van der Waals surface area contributed by atoms with E-state index in [1.807, 2.05) is 37.4 Å². The molecule has 2 aromatic carbocycles.